The number of benzene rings is 1. The molecule has 8 heteroatoms. The third-order valence-corrected chi connectivity index (χ3v) is 4.97. The van der Waals surface area contributed by atoms with Crippen molar-refractivity contribution in [2.45, 2.75) is 12.3 Å². The molecule has 0 fully saturated rings. The molecule has 0 aliphatic carbocycles. The zero-order valence-electron chi connectivity index (χ0n) is 12.7. The summed E-state index contributed by atoms with van der Waals surface area (Å²) in [5.74, 6) is -0.858. The normalized spacial score (nSPS) is 19.5. The zero-order chi connectivity index (χ0) is 17.0. The van der Waals surface area contributed by atoms with Crippen molar-refractivity contribution in [3.63, 3.8) is 0 Å². The zero-order valence-corrected chi connectivity index (χ0v) is 14.2. The van der Waals surface area contributed by atoms with Gasteiger partial charge < -0.3 is 10.1 Å². The molecule has 0 bridgehead atoms. The van der Waals surface area contributed by atoms with E-state index in [0.717, 1.165) is 5.70 Å². The van der Waals surface area contributed by atoms with E-state index in [1.165, 1.54) is 6.07 Å². The Bertz CT molecular complexity index is 960. The van der Waals surface area contributed by atoms with Gasteiger partial charge in [-0.05, 0) is 33.6 Å². The molecule has 0 amide bonds. The van der Waals surface area contributed by atoms with Crippen molar-refractivity contribution in [2.24, 2.45) is 7.05 Å². The molecule has 0 radical (unpaired) electrons. The minimum absolute atomic E-state index is 0.277. The molecule has 4 rings (SSSR count). The summed E-state index contributed by atoms with van der Waals surface area (Å²) in [6, 6.07) is 4.49. The number of rotatable bonds is 1. The molecule has 24 heavy (non-hydrogen) atoms. The van der Waals surface area contributed by atoms with Crippen LogP contribution in [0.25, 0.3) is 0 Å². The van der Waals surface area contributed by atoms with Crippen LogP contribution in [-0.2, 0) is 16.6 Å². The molecule has 0 saturated carbocycles. The molecule has 0 spiro atoms. The maximum atomic E-state index is 13.6. The Labute approximate surface area is 144 Å². The van der Waals surface area contributed by atoms with E-state index in [-0.39, 0.29) is 16.6 Å². The lowest BCUT2D eigenvalue weighted by Gasteiger charge is -2.31. The van der Waals surface area contributed by atoms with Crippen molar-refractivity contribution < 1.29 is 13.9 Å². The van der Waals surface area contributed by atoms with Crippen LogP contribution in [0.2, 0.25) is 0 Å². The molecular formula is C16H13BrFN3O3. The first-order valence-corrected chi connectivity index (χ1v) is 8.17. The number of anilines is 1. The molecule has 1 atom stereocenters. The second kappa shape index (κ2) is 5.34. The molecule has 6 nitrogen and oxygen atoms in total. The van der Waals surface area contributed by atoms with Crippen molar-refractivity contribution in [3.05, 3.63) is 61.2 Å². The third-order valence-electron chi connectivity index (χ3n) is 4.36. The highest BCUT2D eigenvalue weighted by molar-refractivity contribution is 9.10. The van der Waals surface area contributed by atoms with Crippen molar-refractivity contribution in [1.29, 1.82) is 0 Å². The number of nitrogens with one attached hydrogen (secondary N) is 2. The van der Waals surface area contributed by atoms with Gasteiger partial charge in [-0.1, -0.05) is 6.07 Å². The number of aromatic amines is 1. The summed E-state index contributed by atoms with van der Waals surface area (Å²) in [6.07, 6.45) is 0.540. The van der Waals surface area contributed by atoms with E-state index in [4.69, 9.17) is 4.74 Å². The highest BCUT2D eigenvalue weighted by Gasteiger charge is 2.39. The van der Waals surface area contributed by atoms with E-state index >= 15 is 0 Å². The van der Waals surface area contributed by atoms with E-state index in [1.54, 1.807) is 23.9 Å². The van der Waals surface area contributed by atoms with Crippen molar-refractivity contribution in [1.82, 2.24) is 9.78 Å². The van der Waals surface area contributed by atoms with E-state index in [0.29, 0.717) is 28.9 Å². The Balaban J connectivity index is 2.00. The number of cyclic esters (lactones) is 1. The van der Waals surface area contributed by atoms with Crippen LogP contribution in [0.4, 0.5) is 10.2 Å². The second-order valence-corrected chi connectivity index (χ2v) is 6.63. The van der Waals surface area contributed by atoms with E-state index in [2.05, 4.69) is 26.3 Å². The number of fused-ring (bicyclic) bond motifs is 1. The van der Waals surface area contributed by atoms with Gasteiger partial charge in [-0.25, -0.2) is 9.18 Å². The average Bonchev–Trinajstić information content (AvgIpc) is 2.83. The van der Waals surface area contributed by atoms with Crippen LogP contribution in [0.1, 0.15) is 23.5 Å². The van der Waals surface area contributed by atoms with Crippen molar-refractivity contribution in [2.75, 3.05) is 11.9 Å². The number of hydrogen-bond acceptors (Lipinski definition) is 4. The van der Waals surface area contributed by atoms with Gasteiger partial charge in [0, 0.05) is 19.2 Å². The van der Waals surface area contributed by atoms with Crippen LogP contribution in [0, 0.1) is 5.82 Å². The highest BCUT2D eigenvalue weighted by Crippen LogP contribution is 2.43. The van der Waals surface area contributed by atoms with Crippen LogP contribution in [0.3, 0.4) is 0 Å². The summed E-state index contributed by atoms with van der Waals surface area (Å²) < 4.78 is 20.7. The fraction of sp³-hybridized carbons (Fsp3) is 0.250. The van der Waals surface area contributed by atoms with E-state index in [9.17, 15) is 14.0 Å². The number of esters is 1. The number of carbonyl (C=O) groups excluding carboxylic acids is 1. The summed E-state index contributed by atoms with van der Waals surface area (Å²) in [7, 11) is 1.72. The topological polar surface area (TPSA) is 76.1 Å². The highest BCUT2D eigenvalue weighted by atomic mass is 79.9. The third kappa shape index (κ3) is 2.13. The van der Waals surface area contributed by atoms with Gasteiger partial charge in [-0.15, -0.1) is 0 Å². The minimum Gasteiger partial charge on any atom is -0.462 e. The molecule has 1 unspecified atom stereocenters. The van der Waals surface area contributed by atoms with Gasteiger partial charge in [0.05, 0.1) is 28.1 Å². The summed E-state index contributed by atoms with van der Waals surface area (Å²) in [5, 5.41) is 5.87. The Kier molecular flexibility index (Phi) is 3.38. The summed E-state index contributed by atoms with van der Waals surface area (Å²) in [6.45, 7) is 0.290. The van der Waals surface area contributed by atoms with Crippen LogP contribution in [0.5, 0.6) is 0 Å². The van der Waals surface area contributed by atoms with Gasteiger partial charge in [0.2, 0.25) is 0 Å². The lowest BCUT2D eigenvalue weighted by Crippen LogP contribution is -2.31. The maximum Gasteiger partial charge on any atom is 0.336 e. The Morgan fingerprint density at radius 3 is 2.92 bits per heavy atom. The van der Waals surface area contributed by atoms with Crippen molar-refractivity contribution in [3.8, 4) is 0 Å². The van der Waals surface area contributed by atoms with Crippen LogP contribution in [-0.4, -0.2) is 22.4 Å². The Morgan fingerprint density at radius 1 is 1.38 bits per heavy atom. The summed E-state index contributed by atoms with van der Waals surface area (Å²) in [5.41, 5.74) is 1.92. The predicted octanol–water partition coefficient (Wildman–Crippen LogP) is 2.37. The molecule has 124 valence electrons. The molecule has 0 saturated heterocycles. The number of ether oxygens (including phenoxy) is 1. The van der Waals surface area contributed by atoms with Crippen LogP contribution in [0.15, 0.2) is 38.7 Å². The first kappa shape index (κ1) is 15.2. The van der Waals surface area contributed by atoms with Gasteiger partial charge in [0.25, 0.3) is 5.56 Å². The first-order valence-electron chi connectivity index (χ1n) is 7.38. The van der Waals surface area contributed by atoms with E-state index in [1.807, 2.05) is 0 Å². The first-order chi connectivity index (χ1) is 11.5. The number of aromatic nitrogens is 2. The fourth-order valence-electron chi connectivity index (χ4n) is 3.29. The minimum atomic E-state index is -0.606. The lowest BCUT2D eigenvalue weighted by molar-refractivity contribution is -0.140. The Morgan fingerprint density at radius 2 is 2.17 bits per heavy atom. The number of carbonyl (C=O) groups is 1. The fourth-order valence-corrected chi connectivity index (χ4v) is 3.69. The molecular weight excluding hydrogens is 381 g/mol. The van der Waals surface area contributed by atoms with Gasteiger partial charge >= 0.3 is 5.97 Å². The average molecular weight is 394 g/mol. The van der Waals surface area contributed by atoms with E-state index < -0.39 is 17.7 Å². The molecule has 2 N–H and O–H groups in total. The quantitative estimate of drug-likeness (QED) is 0.729. The largest absolute Gasteiger partial charge is 0.462 e. The van der Waals surface area contributed by atoms with Gasteiger partial charge in [-0.2, -0.15) is 0 Å². The van der Waals surface area contributed by atoms with Gasteiger partial charge in [-0.3, -0.25) is 14.6 Å². The second-order valence-electron chi connectivity index (χ2n) is 5.77. The number of H-pyrrole nitrogens is 1. The summed E-state index contributed by atoms with van der Waals surface area (Å²) >= 11 is 3.17. The Hall–Kier alpha value is -2.35. The van der Waals surface area contributed by atoms with Crippen LogP contribution < -0.4 is 10.9 Å². The lowest BCUT2D eigenvalue weighted by atomic mass is 9.81. The van der Waals surface area contributed by atoms with Crippen LogP contribution >= 0.6 is 15.9 Å². The number of nitrogens with zero attached hydrogens (tertiary/aromatic N) is 1. The maximum absolute atomic E-state index is 13.6. The molecule has 2 aliphatic heterocycles. The molecule has 3 heterocycles. The molecule has 1 aromatic heterocycles. The monoisotopic (exact) mass is 393 g/mol. The summed E-state index contributed by atoms with van der Waals surface area (Å²) in [4.78, 5) is 24.8. The van der Waals surface area contributed by atoms with Gasteiger partial charge in [0.1, 0.15) is 11.6 Å². The smallest absolute Gasteiger partial charge is 0.336 e. The number of hydrogen-bond donors (Lipinski definition) is 2. The molecule has 2 aliphatic rings. The number of aryl methyl sites for hydroxylation is 1. The van der Waals surface area contributed by atoms with Crippen molar-refractivity contribution >= 4 is 27.7 Å². The predicted molar refractivity (Wildman–Crippen MR) is 88.2 cm³/mol. The standard InChI is InChI=1S/C16H13BrFN3O3/c1-21-14-13(15(22)20-21)11(7-2-3-9(18)8(17)6-7)12-10(19-14)4-5-24-16(12)23/h2-3,6,11,19H,4-5H2,1H3,(H,20,22). The molecule has 2 aromatic rings. The van der Waals surface area contributed by atoms with Gasteiger partial charge in [0.15, 0.2) is 0 Å². The molecule has 1 aromatic carbocycles. The SMILES string of the molecule is Cn1[nH]c(=O)c2c1NC1=C(C(=O)OCC1)C2c1ccc(F)c(Br)c1. The number of halogens is 2.